The van der Waals surface area contributed by atoms with Crippen LogP contribution in [0, 0.1) is 5.92 Å². The molecular weight excluding hydrogens is 210 g/mol. The van der Waals surface area contributed by atoms with E-state index in [4.69, 9.17) is 10.5 Å². The second kappa shape index (κ2) is 5.65. The number of benzene rings is 1. The minimum absolute atomic E-state index is 0.0878. The molecule has 2 rings (SSSR count). The Labute approximate surface area is 104 Å². The van der Waals surface area contributed by atoms with E-state index >= 15 is 0 Å². The Morgan fingerprint density at radius 2 is 2.00 bits per heavy atom. The van der Waals surface area contributed by atoms with E-state index in [0.29, 0.717) is 5.92 Å². The predicted octanol–water partition coefficient (Wildman–Crippen LogP) is 3.06. The summed E-state index contributed by atoms with van der Waals surface area (Å²) in [4.78, 5) is 0. The highest BCUT2D eigenvalue weighted by atomic mass is 16.5. The SMILES string of the molecule is CCC(CC)C(N)C1OCCc2ccccc21. The molecule has 0 bridgehead atoms. The molecular formula is C15H23NO. The first-order valence-electron chi connectivity index (χ1n) is 6.72. The average molecular weight is 233 g/mol. The van der Waals surface area contributed by atoms with E-state index in [1.54, 1.807) is 0 Å². The first-order valence-corrected chi connectivity index (χ1v) is 6.72. The van der Waals surface area contributed by atoms with Crippen LogP contribution in [0.15, 0.2) is 24.3 Å². The molecule has 2 heteroatoms. The third-order valence-electron chi connectivity index (χ3n) is 3.97. The van der Waals surface area contributed by atoms with E-state index in [0.717, 1.165) is 25.9 Å². The molecule has 0 spiro atoms. The summed E-state index contributed by atoms with van der Waals surface area (Å²) in [5.41, 5.74) is 9.11. The van der Waals surface area contributed by atoms with Crippen LogP contribution in [0.1, 0.15) is 43.9 Å². The standard InChI is InChI=1S/C15H23NO/c1-3-11(4-2)14(16)15-13-8-6-5-7-12(13)9-10-17-15/h5-8,11,14-15H,3-4,9-10,16H2,1-2H3. The second-order valence-electron chi connectivity index (χ2n) is 4.89. The average Bonchev–Trinajstić information content (AvgIpc) is 2.39. The molecule has 0 aromatic heterocycles. The van der Waals surface area contributed by atoms with Crippen LogP contribution in [0.25, 0.3) is 0 Å². The first kappa shape index (κ1) is 12.6. The van der Waals surface area contributed by atoms with Gasteiger partial charge in [0.15, 0.2) is 0 Å². The Bertz CT molecular complexity index is 360. The van der Waals surface area contributed by atoms with Crippen molar-refractivity contribution in [2.24, 2.45) is 11.7 Å². The van der Waals surface area contributed by atoms with Crippen molar-refractivity contribution in [2.45, 2.75) is 45.3 Å². The predicted molar refractivity (Wildman–Crippen MR) is 70.9 cm³/mol. The van der Waals surface area contributed by atoms with E-state index in [9.17, 15) is 0 Å². The summed E-state index contributed by atoms with van der Waals surface area (Å²) in [7, 11) is 0. The number of hydrogen-bond donors (Lipinski definition) is 1. The maximum Gasteiger partial charge on any atom is 0.0981 e. The highest BCUT2D eigenvalue weighted by Crippen LogP contribution is 2.32. The Hall–Kier alpha value is -0.860. The zero-order chi connectivity index (χ0) is 12.3. The first-order chi connectivity index (χ1) is 8.27. The molecule has 2 unspecified atom stereocenters. The molecule has 0 saturated carbocycles. The van der Waals surface area contributed by atoms with Crippen molar-refractivity contribution in [1.29, 1.82) is 0 Å². The van der Waals surface area contributed by atoms with Gasteiger partial charge < -0.3 is 10.5 Å². The van der Waals surface area contributed by atoms with Gasteiger partial charge in [-0.3, -0.25) is 0 Å². The molecule has 2 N–H and O–H groups in total. The maximum absolute atomic E-state index is 6.40. The number of ether oxygens (including phenoxy) is 1. The lowest BCUT2D eigenvalue weighted by atomic mass is 9.85. The van der Waals surface area contributed by atoms with E-state index < -0.39 is 0 Å². The van der Waals surface area contributed by atoms with Gasteiger partial charge >= 0.3 is 0 Å². The van der Waals surface area contributed by atoms with Crippen LogP contribution in [-0.2, 0) is 11.2 Å². The minimum atomic E-state index is 0.0878. The van der Waals surface area contributed by atoms with E-state index in [1.807, 2.05) is 0 Å². The van der Waals surface area contributed by atoms with Crippen LogP contribution in [0.5, 0.6) is 0 Å². The Morgan fingerprint density at radius 3 is 2.71 bits per heavy atom. The van der Waals surface area contributed by atoms with Gasteiger partial charge in [-0.2, -0.15) is 0 Å². The van der Waals surface area contributed by atoms with Crippen molar-refractivity contribution in [3.05, 3.63) is 35.4 Å². The summed E-state index contributed by atoms with van der Waals surface area (Å²) in [6.45, 7) is 5.22. The van der Waals surface area contributed by atoms with Crippen LogP contribution in [0.4, 0.5) is 0 Å². The van der Waals surface area contributed by atoms with Crippen LogP contribution in [-0.4, -0.2) is 12.6 Å². The fourth-order valence-electron chi connectivity index (χ4n) is 2.82. The van der Waals surface area contributed by atoms with Crippen molar-refractivity contribution in [1.82, 2.24) is 0 Å². The van der Waals surface area contributed by atoms with Gasteiger partial charge in [-0.1, -0.05) is 51.0 Å². The number of nitrogens with two attached hydrogens (primary N) is 1. The third kappa shape index (κ3) is 2.53. The fraction of sp³-hybridized carbons (Fsp3) is 0.600. The quantitative estimate of drug-likeness (QED) is 0.867. The fourth-order valence-corrected chi connectivity index (χ4v) is 2.82. The van der Waals surface area contributed by atoms with Gasteiger partial charge in [0, 0.05) is 6.04 Å². The summed E-state index contributed by atoms with van der Waals surface area (Å²) in [6.07, 6.45) is 3.35. The van der Waals surface area contributed by atoms with Gasteiger partial charge in [-0.05, 0) is 23.5 Å². The van der Waals surface area contributed by atoms with Gasteiger partial charge in [0.1, 0.15) is 0 Å². The molecule has 1 heterocycles. The monoisotopic (exact) mass is 233 g/mol. The Kier molecular flexibility index (Phi) is 4.19. The van der Waals surface area contributed by atoms with Crippen LogP contribution >= 0.6 is 0 Å². The largest absolute Gasteiger partial charge is 0.372 e. The lowest BCUT2D eigenvalue weighted by Crippen LogP contribution is -2.39. The highest BCUT2D eigenvalue weighted by Gasteiger charge is 2.30. The van der Waals surface area contributed by atoms with Gasteiger partial charge in [0.25, 0.3) is 0 Å². The van der Waals surface area contributed by atoms with Crippen LogP contribution in [0.3, 0.4) is 0 Å². The molecule has 94 valence electrons. The highest BCUT2D eigenvalue weighted by molar-refractivity contribution is 5.32. The molecule has 0 fully saturated rings. The second-order valence-corrected chi connectivity index (χ2v) is 4.89. The van der Waals surface area contributed by atoms with Crippen molar-refractivity contribution >= 4 is 0 Å². The summed E-state index contributed by atoms with van der Waals surface area (Å²) < 4.78 is 5.93. The topological polar surface area (TPSA) is 35.2 Å². The summed E-state index contributed by atoms with van der Waals surface area (Å²) in [5, 5.41) is 0. The summed E-state index contributed by atoms with van der Waals surface area (Å²) in [5.74, 6) is 0.547. The molecule has 1 aliphatic rings. The van der Waals surface area contributed by atoms with Crippen LogP contribution in [0.2, 0.25) is 0 Å². The van der Waals surface area contributed by atoms with Gasteiger partial charge in [-0.25, -0.2) is 0 Å². The molecule has 2 atom stereocenters. The zero-order valence-corrected chi connectivity index (χ0v) is 10.9. The Morgan fingerprint density at radius 1 is 1.29 bits per heavy atom. The molecule has 1 aromatic carbocycles. The molecule has 0 saturated heterocycles. The van der Waals surface area contributed by atoms with Crippen molar-refractivity contribution in [3.63, 3.8) is 0 Å². The van der Waals surface area contributed by atoms with Crippen molar-refractivity contribution in [3.8, 4) is 0 Å². The van der Waals surface area contributed by atoms with Crippen molar-refractivity contribution < 1.29 is 4.74 Å². The molecule has 2 nitrogen and oxygen atoms in total. The Balaban J connectivity index is 2.23. The van der Waals surface area contributed by atoms with Crippen LogP contribution < -0.4 is 5.73 Å². The van der Waals surface area contributed by atoms with E-state index in [-0.39, 0.29) is 12.1 Å². The van der Waals surface area contributed by atoms with Crippen molar-refractivity contribution in [2.75, 3.05) is 6.61 Å². The number of hydrogen-bond acceptors (Lipinski definition) is 2. The van der Waals surface area contributed by atoms with Gasteiger partial charge in [0.2, 0.25) is 0 Å². The number of rotatable bonds is 4. The molecule has 0 radical (unpaired) electrons. The molecule has 1 aliphatic heterocycles. The normalized spacial score (nSPS) is 21.3. The molecule has 0 amide bonds. The summed E-state index contributed by atoms with van der Waals surface area (Å²) in [6, 6.07) is 8.67. The maximum atomic E-state index is 6.40. The summed E-state index contributed by atoms with van der Waals surface area (Å²) >= 11 is 0. The molecule has 0 aliphatic carbocycles. The number of fused-ring (bicyclic) bond motifs is 1. The van der Waals surface area contributed by atoms with E-state index in [2.05, 4.69) is 38.1 Å². The lowest BCUT2D eigenvalue weighted by Gasteiger charge is -2.34. The third-order valence-corrected chi connectivity index (χ3v) is 3.97. The lowest BCUT2D eigenvalue weighted by molar-refractivity contribution is 0.00950. The minimum Gasteiger partial charge on any atom is -0.372 e. The van der Waals surface area contributed by atoms with Gasteiger partial charge in [0.05, 0.1) is 12.7 Å². The molecule has 1 aromatic rings. The zero-order valence-electron chi connectivity index (χ0n) is 10.9. The molecule has 17 heavy (non-hydrogen) atoms. The van der Waals surface area contributed by atoms with E-state index in [1.165, 1.54) is 11.1 Å². The smallest absolute Gasteiger partial charge is 0.0981 e. The van der Waals surface area contributed by atoms with Gasteiger partial charge in [-0.15, -0.1) is 0 Å².